The Balaban J connectivity index is 1.54. The predicted octanol–water partition coefficient (Wildman–Crippen LogP) is 4.21. The van der Waals surface area contributed by atoms with Crippen LogP contribution in [0.4, 0.5) is 0 Å². The molecule has 7 nitrogen and oxygen atoms in total. The average Bonchev–Trinajstić information content (AvgIpc) is 3.42. The van der Waals surface area contributed by atoms with Crippen molar-refractivity contribution >= 4 is 22.8 Å². The molecule has 0 aliphatic carbocycles. The first-order valence-corrected chi connectivity index (χ1v) is 9.41. The van der Waals surface area contributed by atoms with Crippen molar-refractivity contribution < 1.29 is 23.2 Å². The number of nitrogens with zero attached hydrogens (tertiary/aromatic N) is 2. The number of aryl methyl sites for hydroxylation is 1. The molecule has 0 aliphatic heterocycles. The highest BCUT2D eigenvalue weighted by atomic mass is 16.5. The van der Waals surface area contributed by atoms with Crippen LogP contribution < -0.4 is 0 Å². The smallest absolute Gasteiger partial charge is 0.339 e. The predicted molar refractivity (Wildman–Crippen MR) is 110 cm³/mol. The van der Waals surface area contributed by atoms with E-state index in [1.165, 1.54) is 4.90 Å². The molecule has 4 aromatic rings. The molecule has 152 valence electrons. The second-order valence-electron chi connectivity index (χ2n) is 6.89. The van der Waals surface area contributed by atoms with Crippen molar-refractivity contribution in [1.82, 2.24) is 9.88 Å². The lowest BCUT2D eigenvalue weighted by atomic mass is 10.1. The van der Waals surface area contributed by atoms with Crippen molar-refractivity contribution in [2.45, 2.75) is 13.5 Å². The molecule has 0 N–H and O–H groups in total. The van der Waals surface area contributed by atoms with Crippen LogP contribution in [0.15, 0.2) is 69.7 Å². The number of rotatable bonds is 6. The Morgan fingerprint density at radius 2 is 1.93 bits per heavy atom. The van der Waals surface area contributed by atoms with Crippen LogP contribution in [0.2, 0.25) is 0 Å². The van der Waals surface area contributed by atoms with Gasteiger partial charge in [-0.3, -0.25) is 4.79 Å². The van der Waals surface area contributed by atoms with Gasteiger partial charge in [-0.15, -0.1) is 0 Å². The van der Waals surface area contributed by atoms with E-state index in [1.807, 2.05) is 31.2 Å². The summed E-state index contributed by atoms with van der Waals surface area (Å²) in [5, 5.41) is 0.644. The van der Waals surface area contributed by atoms with Gasteiger partial charge in [0.15, 0.2) is 12.4 Å². The van der Waals surface area contributed by atoms with Gasteiger partial charge in [0, 0.05) is 12.4 Å². The summed E-state index contributed by atoms with van der Waals surface area (Å²) < 4.78 is 16.2. The Bertz CT molecular complexity index is 1190. The van der Waals surface area contributed by atoms with E-state index in [0.717, 1.165) is 5.76 Å². The largest absolute Gasteiger partial charge is 0.467 e. The number of furan rings is 2. The fraction of sp³-hybridized carbons (Fsp3) is 0.174. The van der Waals surface area contributed by atoms with E-state index in [4.69, 9.17) is 13.6 Å². The van der Waals surface area contributed by atoms with Gasteiger partial charge in [0.2, 0.25) is 0 Å². The zero-order valence-corrected chi connectivity index (χ0v) is 16.6. The van der Waals surface area contributed by atoms with Crippen molar-refractivity contribution in [2.75, 3.05) is 13.7 Å². The molecule has 0 bridgehead atoms. The number of esters is 1. The molecule has 0 atom stereocenters. The SMILES string of the molecule is Cc1ccc(-c2cc(C(=O)OCC(=O)N(C)Cc3ccco3)c3ccccc3n2)o1. The third-order valence-electron chi connectivity index (χ3n) is 4.65. The van der Waals surface area contributed by atoms with E-state index >= 15 is 0 Å². The van der Waals surface area contributed by atoms with Gasteiger partial charge in [-0.1, -0.05) is 18.2 Å². The molecule has 0 aliphatic rings. The molecule has 7 heteroatoms. The van der Waals surface area contributed by atoms with Gasteiger partial charge in [-0.05, 0) is 43.3 Å². The first kappa shape index (κ1) is 19.4. The van der Waals surface area contributed by atoms with E-state index in [0.29, 0.717) is 40.2 Å². The summed E-state index contributed by atoms with van der Waals surface area (Å²) >= 11 is 0. The molecule has 0 unspecified atom stereocenters. The number of carbonyl (C=O) groups excluding carboxylic acids is 2. The second kappa shape index (κ2) is 8.24. The molecule has 0 spiro atoms. The van der Waals surface area contributed by atoms with E-state index in [2.05, 4.69) is 4.98 Å². The molecule has 1 amide bonds. The number of likely N-dealkylation sites (N-methyl/N-ethyl adjacent to an activating group) is 1. The number of hydrogen-bond acceptors (Lipinski definition) is 6. The zero-order chi connectivity index (χ0) is 21.1. The van der Waals surface area contributed by atoms with Crippen LogP contribution >= 0.6 is 0 Å². The van der Waals surface area contributed by atoms with Crippen molar-refractivity contribution in [1.29, 1.82) is 0 Å². The molecular formula is C23H20N2O5. The molecule has 1 aromatic carbocycles. The monoisotopic (exact) mass is 404 g/mol. The Morgan fingerprint density at radius 1 is 1.10 bits per heavy atom. The molecule has 0 saturated heterocycles. The van der Waals surface area contributed by atoms with E-state index in [-0.39, 0.29) is 12.5 Å². The summed E-state index contributed by atoms with van der Waals surface area (Å²) in [6.07, 6.45) is 1.54. The fourth-order valence-corrected chi connectivity index (χ4v) is 3.08. The van der Waals surface area contributed by atoms with Crippen LogP contribution in [0.5, 0.6) is 0 Å². The standard InChI is InChI=1S/C23H20N2O5/c1-15-9-10-21(30-15)20-12-18(17-7-3-4-8-19(17)24-20)23(27)29-14-22(26)25(2)13-16-6-5-11-28-16/h3-12H,13-14H2,1-2H3. The van der Waals surface area contributed by atoms with Gasteiger partial charge in [0.05, 0.1) is 23.9 Å². The minimum Gasteiger partial charge on any atom is -0.467 e. The summed E-state index contributed by atoms with van der Waals surface area (Å²) in [4.78, 5) is 31.2. The van der Waals surface area contributed by atoms with Crippen LogP contribution in [0.1, 0.15) is 21.9 Å². The topological polar surface area (TPSA) is 85.8 Å². The average molecular weight is 404 g/mol. The number of hydrogen-bond donors (Lipinski definition) is 0. The minimum atomic E-state index is -0.599. The number of aromatic nitrogens is 1. The van der Waals surface area contributed by atoms with Crippen molar-refractivity contribution in [3.05, 3.63) is 77.9 Å². The van der Waals surface area contributed by atoms with Gasteiger partial charge in [-0.25, -0.2) is 9.78 Å². The molecule has 30 heavy (non-hydrogen) atoms. The normalized spacial score (nSPS) is 10.9. The molecule has 0 radical (unpaired) electrons. The maximum absolute atomic E-state index is 12.8. The van der Waals surface area contributed by atoms with E-state index < -0.39 is 5.97 Å². The summed E-state index contributed by atoms with van der Waals surface area (Å²) in [6.45, 7) is 1.76. The number of pyridine rings is 1. The van der Waals surface area contributed by atoms with Crippen molar-refractivity contribution in [3.63, 3.8) is 0 Å². The zero-order valence-electron chi connectivity index (χ0n) is 16.6. The van der Waals surface area contributed by atoms with Crippen LogP contribution in [0.3, 0.4) is 0 Å². The highest BCUT2D eigenvalue weighted by Gasteiger charge is 2.19. The number of carbonyl (C=O) groups is 2. The first-order valence-electron chi connectivity index (χ1n) is 9.41. The molecule has 0 saturated carbocycles. The third kappa shape index (κ3) is 4.10. The minimum absolute atomic E-state index is 0.295. The van der Waals surface area contributed by atoms with Crippen LogP contribution in [-0.2, 0) is 16.1 Å². The molecule has 3 heterocycles. The second-order valence-corrected chi connectivity index (χ2v) is 6.89. The Hall–Kier alpha value is -3.87. The molecule has 4 rings (SSSR count). The number of para-hydroxylation sites is 1. The third-order valence-corrected chi connectivity index (χ3v) is 4.65. The highest BCUT2D eigenvalue weighted by molar-refractivity contribution is 6.05. The number of amides is 1. The van der Waals surface area contributed by atoms with Crippen molar-refractivity contribution in [2.24, 2.45) is 0 Å². The van der Waals surface area contributed by atoms with Crippen LogP contribution in [0, 0.1) is 6.92 Å². The molecular weight excluding hydrogens is 384 g/mol. The van der Waals surface area contributed by atoms with Gasteiger partial charge in [-0.2, -0.15) is 0 Å². The summed E-state index contributed by atoms with van der Waals surface area (Å²) in [6, 6.07) is 16.0. The van der Waals surface area contributed by atoms with Gasteiger partial charge in [0.25, 0.3) is 5.91 Å². The quantitative estimate of drug-likeness (QED) is 0.448. The number of benzene rings is 1. The lowest BCUT2D eigenvalue weighted by Crippen LogP contribution is -2.30. The highest BCUT2D eigenvalue weighted by Crippen LogP contribution is 2.26. The maximum Gasteiger partial charge on any atom is 0.339 e. The van der Waals surface area contributed by atoms with Gasteiger partial charge < -0.3 is 18.5 Å². The van der Waals surface area contributed by atoms with Crippen LogP contribution in [-0.4, -0.2) is 35.4 Å². The Morgan fingerprint density at radius 3 is 2.67 bits per heavy atom. The van der Waals surface area contributed by atoms with Crippen LogP contribution in [0.25, 0.3) is 22.4 Å². The Kier molecular flexibility index (Phi) is 5.34. The van der Waals surface area contributed by atoms with E-state index in [1.54, 1.807) is 43.6 Å². The molecule has 0 fully saturated rings. The van der Waals surface area contributed by atoms with Gasteiger partial charge >= 0.3 is 5.97 Å². The Labute approximate surface area is 172 Å². The fourth-order valence-electron chi connectivity index (χ4n) is 3.08. The summed E-state index contributed by atoms with van der Waals surface area (Å²) in [5.41, 5.74) is 1.48. The number of fused-ring (bicyclic) bond motifs is 1. The van der Waals surface area contributed by atoms with E-state index in [9.17, 15) is 9.59 Å². The lowest BCUT2D eigenvalue weighted by Gasteiger charge is -2.16. The summed E-state index contributed by atoms with van der Waals surface area (Å²) in [7, 11) is 1.62. The number of ether oxygens (including phenoxy) is 1. The van der Waals surface area contributed by atoms with Gasteiger partial charge in [0.1, 0.15) is 17.2 Å². The summed E-state index contributed by atoms with van der Waals surface area (Å²) in [5.74, 6) is 1.02. The van der Waals surface area contributed by atoms with Crippen molar-refractivity contribution in [3.8, 4) is 11.5 Å². The lowest BCUT2D eigenvalue weighted by molar-refractivity contribution is -0.133. The first-order chi connectivity index (χ1) is 14.5. The maximum atomic E-state index is 12.8. The molecule has 3 aromatic heterocycles.